The predicted molar refractivity (Wildman–Crippen MR) is 81.5 cm³/mol. The van der Waals surface area contributed by atoms with E-state index in [9.17, 15) is 0 Å². The summed E-state index contributed by atoms with van der Waals surface area (Å²) in [7, 11) is 0. The Kier molecular flexibility index (Phi) is 3.80. The van der Waals surface area contributed by atoms with Gasteiger partial charge in [0.1, 0.15) is 5.01 Å². The van der Waals surface area contributed by atoms with Gasteiger partial charge in [0.25, 0.3) is 0 Å². The van der Waals surface area contributed by atoms with Crippen molar-refractivity contribution < 1.29 is 0 Å². The Balaban J connectivity index is 1.76. The summed E-state index contributed by atoms with van der Waals surface area (Å²) in [4.78, 5) is 6.53. The summed E-state index contributed by atoms with van der Waals surface area (Å²) in [5.41, 5.74) is 3.04. The molecule has 7 heteroatoms. The first-order valence-electron chi connectivity index (χ1n) is 6.72. The summed E-state index contributed by atoms with van der Waals surface area (Å²) in [5, 5.41) is 14.2. The van der Waals surface area contributed by atoms with Crippen molar-refractivity contribution in [2.45, 2.75) is 40.0 Å². The van der Waals surface area contributed by atoms with Gasteiger partial charge >= 0.3 is 0 Å². The normalized spacial score (nSPS) is 11.8. The lowest BCUT2D eigenvalue weighted by molar-refractivity contribution is 0.605. The van der Waals surface area contributed by atoms with E-state index >= 15 is 0 Å². The molecule has 3 heterocycles. The number of aryl methyl sites for hydroxylation is 3. The standard InChI is InChI=1S/C13H17N5S2/c1-8(2)6-11-15-16-13-18(11)17-12(20-13)5-4-10-9(3)14-7-19-10/h7-8H,4-6H2,1-3H3. The summed E-state index contributed by atoms with van der Waals surface area (Å²) in [6.07, 6.45) is 2.86. The van der Waals surface area contributed by atoms with Crippen LogP contribution < -0.4 is 0 Å². The van der Waals surface area contributed by atoms with E-state index in [1.807, 2.05) is 10.0 Å². The number of aromatic nitrogens is 5. The lowest BCUT2D eigenvalue weighted by Gasteiger charge is -1.99. The minimum Gasteiger partial charge on any atom is -0.250 e. The van der Waals surface area contributed by atoms with Crippen molar-refractivity contribution in [3.05, 3.63) is 26.9 Å². The fourth-order valence-corrected chi connectivity index (χ4v) is 3.71. The van der Waals surface area contributed by atoms with Crippen LogP contribution in [0.3, 0.4) is 0 Å². The Morgan fingerprint density at radius 1 is 1.25 bits per heavy atom. The number of thiazole rings is 1. The maximum absolute atomic E-state index is 4.65. The van der Waals surface area contributed by atoms with Crippen LogP contribution >= 0.6 is 22.7 Å². The molecule has 0 aliphatic carbocycles. The van der Waals surface area contributed by atoms with E-state index in [4.69, 9.17) is 0 Å². The van der Waals surface area contributed by atoms with Gasteiger partial charge in [-0.2, -0.15) is 9.61 Å². The third-order valence-electron chi connectivity index (χ3n) is 3.10. The minimum atomic E-state index is 0.562. The SMILES string of the molecule is Cc1ncsc1CCc1nn2c(CC(C)C)nnc2s1. The molecule has 0 aromatic carbocycles. The van der Waals surface area contributed by atoms with E-state index in [0.717, 1.165) is 40.7 Å². The lowest BCUT2D eigenvalue weighted by Crippen LogP contribution is -2.02. The molecule has 0 saturated heterocycles. The molecule has 3 aromatic rings. The summed E-state index contributed by atoms with van der Waals surface area (Å²) < 4.78 is 1.90. The Morgan fingerprint density at radius 2 is 2.10 bits per heavy atom. The molecular weight excluding hydrogens is 290 g/mol. The molecule has 0 saturated carbocycles. The van der Waals surface area contributed by atoms with Gasteiger partial charge in [0.2, 0.25) is 4.96 Å². The summed E-state index contributed by atoms with van der Waals surface area (Å²) >= 11 is 3.36. The van der Waals surface area contributed by atoms with Gasteiger partial charge in [0, 0.05) is 17.7 Å². The smallest absolute Gasteiger partial charge is 0.234 e. The van der Waals surface area contributed by atoms with E-state index < -0.39 is 0 Å². The van der Waals surface area contributed by atoms with Crippen molar-refractivity contribution in [2.75, 3.05) is 0 Å². The number of rotatable bonds is 5. The molecule has 0 fully saturated rings. The molecule has 0 unspecified atom stereocenters. The first kappa shape index (κ1) is 13.6. The number of fused-ring (bicyclic) bond motifs is 1. The molecule has 5 nitrogen and oxygen atoms in total. The van der Waals surface area contributed by atoms with Gasteiger partial charge in [0.05, 0.1) is 11.2 Å². The van der Waals surface area contributed by atoms with Crippen molar-refractivity contribution in [3.8, 4) is 0 Å². The van der Waals surface area contributed by atoms with E-state index in [-0.39, 0.29) is 0 Å². The predicted octanol–water partition coefficient (Wildman–Crippen LogP) is 2.93. The monoisotopic (exact) mass is 307 g/mol. The summed E-state index contributed by atoms with van der Waals surface area (Å²) in [6.45, 7) is 6.42. The maximum Gasteiger partial charge on any atom is 0.234 e. The first-order chi connectivity index (χ1) is 9.63. The molecule has 0 aliphatic rings. The van der Waals surface area contributed by atoms with Crippen LogP contribution in [0.4, 0.5) is 0 Å². The third-order valence-corrected chi connectivity index (χ3v) is 5.05. The van der Waals surface area contributed by atoms with Crippen molar-refractivity contribution >= 4 is 27.6 Å². The highest BCUT2D eigenvalue weighted by Crippen LogP contribution is 2.19. The molecule has 3 aromatic heterocycles. The second-order valence-electron chi connectivity index (χ2n) is 5.27. The van der Waals surface area contributed by atoms with Gasteiger partial charge in [-0.1, -0.05) is 25.2 Å². The van der Waals surface area contributed by atoms with Crippen molar-refractivity contribution in [1.82, 2.24) is 24.8 Å². The Bertz CT molecular complexity index is 709. The second kappa shape index (κ2) is 5.57. The Hall–Kier alpha value is -1.34. The van der Waals surface area contributed by atoms with Gasteiger partial charge in [-0.05, 0) is 19.3 Å². The van der Waals surface area contributed by atoms with Crippen molar-refractivity contribution in [1.29, 1.82) is 0 Å². The fraction of sp³-hybridized carbons (Fsp3) is 0.538. The van der Waals surface area contributed by atoms with Gasteiger partial charge in [-0.15, -0.1) is 21.5 Å². The van der Waals surface area contributed by atoms with E-state index in [1.165, 1.54) is 4.88 Å². The third kappa shape index (κ3) is 2.73. The first-order valence-corrected chi connectivity index (χ1v) is 8.42. The van der Waals surface area contributed by atoms with Gasteiger partial charge < -0.3 is 0 Å². The van der Waals surface area contributed by atoms with Gasteiger partial charge in [-0.3, -0.25) is 0 Å². The number of hydrogen-bond acceptors (Lipinski definition) is 6. The summed E-state index contributed by atoms with van der Waals surface area (Å²) in [5.74, 6) is 1.53. The average molecular weight is 307 g/mol. The molecule has 0 bridgehead atoms. The van der Waals surface area contributed by atoms with Crippen LogP contribution in [0.25, 0.3) is 4.96 Å². The van der Waals surface area contributed by atoms with Crippen LogP contribution in [0.15, 0.2) is 5.51 Å². The summed E-state index contributed by atoms with van der Waals surface area (Å²) in [6, 6.07) is 0. The highest BCUT2D eigenvalue weighted by molar-refractivity contribution is 7.16. The largest absolute Gasteiger partial charge is 0.250 e. The average Bonchev–Trinajstić information content (AvgIpc) is 3.04. The molecule has 106 valence electrons. The van der Waals surface area contributed by atoms with Crippen LogP contribution in [0.1, 0.15) is 35.3 Å². The fourth-order valence-electron chi connectivity index (χ4n) is 2.08. The topological polar surface area (TPSA) is 56.0 Å². The molecule has 0 N–H and O–H groups in total. The molecule has 20 heavy (non-hydrogen) atoms. The Labute approximate surface area is 125 Å². The molecule has 0 radical (unpaired) electrons. The van der Waals surface area contributed by atoms with Crippen molar-refractivity contribution in [2.24, 2.45) is 5.92 Å². The van der Waals surface area contributed by atoms with Gasteiger partial charge in [-0.25, -0.2) is 4.98 Å². The Morgan fingerprint density at radius 3 is 2.80 bits per heavy atom. The minimum absolute atomic E-state index is 0.562. The lowest BCUT2D eigenvalue weighted by atomic mass is 10.1. The second-order valence-corrected chi connectivity index (χ2v) is 7.25. The van der Waals surface area contributed by atoms with E-state index in [0.29, 0.717) is 5.92 Å². The van der Waals surface area contributed by atoms with Crippen LogP contribution in [-0.4, -0.2) is 24.8 Å². The van der Waals surface area contributed by atoms with Gasteiger partial charge in [0.15, 0.2) is 5.82 Å². The van der Waals surface area contributed by atoms with E-state index in [2.05, 4.69) is 41.1 Å². The molecule has 3 rings (SSSR count). The highest BCUT2D eigenvalue weighted by atomic mass is 32.1. The zero-order chi connectivity index (χ0) is 14.1. The van der Waals surface area contributed by atoms with Crippen LogP contribution in [0, 0.1) is 12.8 Å². The quantitative estimate of drug-likeness (QED) is 0.727. The zero-order valence-corrected chi connectivity index (χ0v) is 13.5. The molecular formula is C13H17N5S2. The molecule has 0 amide bonds. The van der Waals surface area contributed by atoms with Crippen LogP contribution in [0.2, 0.25) is 0 Å². The van der Waals surface area contributed by atoms with Crippen LogP contribution in [0.5, 0.6) is 0 Å². The number of hydrogen-bond donors (Lipinski definition) is 0. The van der Waals surface area contributed by atoms with Crippen LogP contribution in [-0.2, 0) is 19.3 Å². The maximum atomic E-state index is 4.65. The highest BCUT2D eigenvalue weighted by Gasteiger charge is 2.13. The molecule has 0 spiro atoms. The molecule has 0 aliphatic heterocycles. The molecule has 0 atom stereocenters. The van der Waals surface area contributed by atoms with Crippen molar-refractivity contribution in [3.63, 3.8) is 0 Å². The zero-order valence-electron chi connectivity index (χ0n) is 11.8. The van der Waals surface area contributed by atoms with E-state index in [1.54, 1.807) is 22.7 Å². The number of nitrogens with zero attached hydrogens (tertiary/aromatic N) is 5.